The normalized spacial score (nSPS) is 11.0. The molecule has 2 N–H and O–H groups in total. The van der Waals surface area contributed by atoms with Crippen LogP contribution in [0, 0.1) is 0 Å². The summed E-state index contributed by atoms with van der Waals surface area (Å²) >= 11 is 0. The van der Waals surface area contributed by atoms with Gasteiger partial charge in [0.25, 0.3) is 0 Å². The monoisotopic (exact) mass is 205 g/mol. The number of fused-ring (bicyclic) bond motifs is 1. The van der Waals surface area contributed by atoms with E-state index in [0.717, 1.165) is 24.1 Å². The predicted octanol–water partition coefficient (Wildman–Crippen LogP) is 0.939. The number of hydrogen-bond acceptors (Lipinski definition) is 2. The topological polar surface area (TPSA) is 49.8 Å². The highest BCUT2D eigenvalue weighted by Crippen LogP contribution is 2.07. The minimum Gasteiger partial charge on any atom is -0.315 e. The van der Waals surface area contributed by atoms with Crippen molar-refractivity contribution in [2.45, 2.75) is 13.5 Å². The van der Waals surface area contributed by atoms with Crippen LogP contribution in [0.3, 0.4) is 0 Å². The zero-order valence-corrected chi connectivity index (χ0v) is 8.79. The molecule has 1 aromatic heterocycles. The van der Waals surface area contributed by atoms with Gasteiger partial charge in [-0.25, -0.2) is 4.79 Å². The third-order valence-corrected chi connectivity index (χ3v) is 2.44. The second-order valence-electron chi connectivity index (χ2n) is 3.45. The van der Waals surface area contributed by atoms with Gasteiger partial charge < -0.3 is 10.3 Å². The van der Waals surface area contributed by atoms with Crippen LogP contribution >= 0.6 is 0 Å². The van der Waals surface area contributed by atoms with Crippen molar-refractivity contribution in [3.63, 3.8) is 0 Å². The van der Waals surface area contributed by atoms with E-state index in [9.17, 15) is 4.79 Å². The van der Waals surface area contributed by atoms with E-state index in [0.29, 0.717) is 6.54 Å². The molecule has 0 aliphatic carbocycles. The van der Waals surface area contributed by atoms with Gasteiger partial charge in [-0.1, -0.05) is 19.1 Å². The molecule has 0 saturated heterocycles. The summed E-state index contributed by atoms with van der Waals surface area (Å²) in [7, 11) is 0. The molecule has 0 unspecified atom stereocenters. The molecule has 0 radical (unpaired) electrons. The Morgan fingerprint density at radius 1 is 1.40 bits per heavy atom. The first-order valence-corrected chi connectivity index (χ1v) is 5.21. The lowest BCUT2D eigenvalue weighted by Crippen LogP contribution is -2.25. The van der Waals surface area contributed by atoms with E-state index < -0.39 is 0 Å². The van der Waals surface area contributed by atoms with Crippen molar-refractivity contribution < 1.29 is 0 Å². The molecule has 1 heterocycles. The first-order chi connectivity index (χ1) is 7.33. The van der Waals surface area contributed by atoms with Gasteiger partial charge in [0.1, 0.15) is 0 Å². The molecule has 4 nitrogen and oxygen atoms in total. The van der Waals surface area contributed by atoms with Gasteiger partial charge in [0, 0.05) is 13.1 Å². The van der Waals surface area contributed by atoms with Crippen molar-refractivity contribution >= 4 is 11.0 Å². The van der Waals surface area contributed by atoms with Crippen LogP contribution in [0.1, 0.15) is 6.92 Å². The molecule has 0 amide bonds. The number of rotatable bonds is 4. The first kappa shape index (κ1) is 9.98. The van der Waals surface area contributed by atoms with Crippen LogP contribution in [0.2, 0.25) is 0 Å². The highest BCUT2D eigenvalue weighted by atomic mass is 16.1. The predicted molar refractivity (Wildman–Crippen MR) is 61.1 cm³/mol. The lowest BCUT2D eigenvalue weighted by molar-refractivity contribution is 0.612. The standard InChI is InChI=1S/C11H15N3O/c1-2-12-7-8-14-10-6-4-3-5-9(10)13-11(14)15/h3-6,12H,2,7-8H2,1H3,(H,13,15). The van der Waals surface area contributed by atoms with Crippen LogP contribution in [0.15, 0.2) is 29.1 Å². The SMILES string of the molecule is CCNCCn1c(=O)[nH]c2ccccc21. The molecule has 0 spiro atoms. The van der Waals surface area contributed by atoms with Crippen LogP contribution in [-0.4, -0.2) is 22.6 Å². The number of hydrogen-bond donors (Lipinski definition) is 2. The van der Waals surface area contributed by atoms with Gasteiger partial charge in [-0.3, -0.25) is 4.57 Å². The smallest absolute Gasteiger partial charge is 0.315 e. The molecule has 0 aliphatic rings. The number of para-hydroxylation sites is 2. The summed E-state index contributed by atoms with van der Waals surface area (Å²) < 4.78 is 1.76. The fourth-order valence-corrected chi connectivity index (χ4v) is 1.70. The van der Waals surface area contributed by atoms with Crippen LogP contribution < -0.4 is 11.0 Å². The maximum Gasteiger partial charge on any atom is 0.326 e. The van der Waals surface area contributed by atoms with Crippen molar-refractivity contribution in [1.82, 2.24) is 14.9 Å². The number of likely N-dealkylation sites (N-methyl/N-ethyl adjacent to an activating group) is 1. The van der Waals surface area contributed by atoms with E-state index in [4.69, 9.17) is 0 Å². The van der Waals surface area contributed by atoms with E-state index in [-0.39, 0.29) is 5.69 Å². The average molecular weight is 205 g/mol. The zero-order valence-electron chi connectivity index (χ0n) is 8.79. The van der Waals surface area contributed by atoms with Crippen molar-refractivity contribution in [2.75, 3.05) is 13.1 Å². The Hall–Kier alpha value is -1.55. The Kier molecular flexibility index (Phi) is 2.87. The van der Waals surface area contributed by atoms with Gasteiger partial charge in [-0.2, -0.15) is 0 Å². The van der Waals surface area contributed by atoms with Crippen molar-refractivity contribution in [3.8, 4) is 0 Å². The van der Waals surface area contributed by atoms with E-state index >= 15 is 0 Å². The minimum absolute atomic E-state index is 0.0332. The van der Waals surface area contributed by atoms with E-state index in [1.54, 1.807) is 4.57 Å². The molecular formula is C11H15N3O. The van der Waals surface area contributed by atoms with E-state index in [2.05, 4.69) is 17.2 Å². The molecule has 0 fully saturated rings. The second kappa shape index (κ2) is 4.31. The summed E-state index contributed by atoms with van der Waals surface area (Å²) in [4.78, 5) is 14.4. The largest absolute Gasteiger partial charge is 0.326 e. The number of H-pyrrole nitrogens is 1. The number of benzene rings is 1. The molecule has 0 atom stereocenters. The molecule has 0 aliphatic heterocycles. The van der Waals surface area contributed by atoms with Crippen LogP contribution in [0.5, 0.6) is 0 Å². The second-order valence-corrected chi connectivity index (χ2v) is 3.45. The summed E-state index contributed by atoms with van der Waals surface area (Å²) in [6.07, 6.45) is 0. The Morgan fingerprint density at radius 2 is 2.20 bits per heavy atom. The summed E-state index contributed by atoms with van der Waals surface area (Å²) in [6.45, 7) is 4.50. The first-order valence-electron chi connectivity index (χ1n) is 5.21. The van der Waals surface area contributed by atoms with Crippen LogP contribution in [0.4, 0.5) is 0 Å². The Morgan fingerprint density at radius 3 is 3.00 bits per heavy atom. The summed E-state index contributed by atoms with van der Waals surface area (Å²) in [5.74, 6) is 0. The van der Waals surface area contributed by atoms with Gasteiger partial charge in [-0.05, 0) is 18.7 Å². The van der Waals surface area contributed by atoms with Gasteiger partial charge >= 0.3 is 5.69 Å². The van der Waals surface area contributed by atoms with Crippen molar-refractivity contribution in [3.05, 3.63) is 34.7 Å². The van der Waals surface area contributed by atoms with Crippen LogP contribution in [-0.2, 0) is 6.54 Å². The Labute approximate surface area is 87.9 Å². The summed E-state index contributed by atoms with van der Waals surface area (Å²) in [6, 6.07) is 7.74. The zero-order chi connectivity index (χ0) is 10.7. The minimum atomic E-state index is -0.0332. The molecule has 2 rings (SSSR count). The van der Waals surface area contributed by atoms with E-state index in [1.165, 1.54) is 0 Å². The molecule has 4 heteroatoms. The third-order valence-electron chi connectivity index (χ3n) is 2.44. The average Bonchev–Trinajstić information content (AvgIpc) is 2.56. The fourth-order valence-electron chi connectivity index (χ4n) is 1.70. The number of imidazole rings is 1. The van der Waals surface area contributed by atoms with Gasteiger partial charge in [0.15, 0.2) is 0 Å². The highest BCUT2D eigenvalue weighted by molar-refractivity contribution is 5.74. The number of aromatic nitrogens is 2. The third kappa shape index (κ3) is 1.94. The quantitative estimate of drug-likeness (QED) is 0.730. The van der Waals surface area contributed by atoms with Gasteiger partial charge in [0.2, 0.25) is 0 Å². The lowest BCUT2D eigenvalue weighted by atomic mass is 10.3. The van der Waals surface area contributed by atoms with E-state index in [1.807, 2.05) is 24.3 Å². The Bertz CT molecular complexity index is 498. The highest BCUT2D eigenvalue weighted by Gasteiger charge is 2.04. The fraction of sp³-hybridized carbons (Fsp3) is 0.364. The number of nitrogens with one attached hydrogen (secondary N) is 2. The summed E-state index contributed by atoms with van der Waals surface area (Å²) in [5.41, 5.74) is 1.84. The number of nitrogens with zero attached hydrogens (tertiary/aromatic N) is 1. The number of aromatic amines is 1. The van der Waals surface area contributed by atoms with Crippen molar-refractivity contribution in [2.24, 2.45) is 0 Å². The molecule has 0 bridgehead atoms. The molecule has 80 valence electrons. The van der Waals surface area contributed by atoms with Gasteiger partial charge in [-0.15, -0.1) is 0 Å². The summed E-state index contributed by atoms with van der Waals surface area (Å²) in [5, 5.41) is 3.20. The maximum atomic E-state index is 11.6. The van der Waals surface area contributed by atoms with Crippen molar-refractivity contribution in [1.29, 1.82) is 0 Å². The molecule has 2 aromatic rings. The Balaban J connectivity index is 2.33. The van der Waals surface area contributed by atoms with Crippen LogP contribution in [0.25, 0.3) is 11.0 Å². The lowest BCUT2D eigenvalue weighted by Gasteiger charge is -2.03. The maximum absolute atomic E-state index is 11.6. The molecular weight excluding hydrogens is 190 g/mol. The molecule has 0 saturated carbocycles. The molecule has 1 aromatic carbocycles. The van der Waals surface area contributed by atoms with Gasteiger partial charge in [0.05, 0.1) is 11.0 Å². The molecule has 15 heavy (non-hydrogen) atoms.